The summed E-state index contributed by atoms with van der Waals surface area (Å²) in [6.45, 7) is 0. The third-order valence-electron chi connectivity index (χ3n) is 10.9. The lowest BCUT2D eigenvalue weighted by atomic mass is 9.90. The molecule has 1 aliphatic carbocycles. The van der Waals surface area contributed by atoms with Crippen molar-refractivity contribution >= 4 is 75.9 Å². The van der Waals surface area contributed by atoms with E-state index in [1.54, 1.807) is 0 Å². The van der Waals surface area contributed by atoms with Gasteiger partial charge in [-0.15, -0.1) is 11.3 Å². The molecule has 3 heteroatoms. The van der Waals surface area contributed by atoms with Crippen molar-refractivity contribution in [2.45, 2.75) is 12.8 Å². The largest absolute Gasteiger partial charge is 0.313 e. The van der Waals surface area contributed by atoms with Gasteiger partial charge in [0, 0.05) is 59.0 Å². The summed E-state index contributed by atoms with van der Waals surface area (Å²) in [5, 5.41) is 6.65. The fourth-order valence-electron chi connectivity index (χ4n) is 8.52. The molecule has 0 saturated carbocycles. The number of allylic oxidation sites excluding steroid dienone is 1. The van der Waals surface area contributed by atoms with Gasteiger partial charge in [-0.3, -0.25) is 0 Å². The SMILES string of the molecule is C1=C(c2ccc(-c3ccc(-n4c5ccccc5c5c6sc7ccccc7c6ccc54)cc3)cc2)CCc2c1c1ccccc1n2-c1ccccc1. The van der Waals surface area contributed by atoms with Crippen LogP contribution in [0.4, 0.5) is 0 Å². The zero-order valence-electron chi connectivity index (χ0n) is 27.9. The van der Waals surface area contributed by atoms with Crippen LogP contribution in [0.3, 0.4) is 0 Å². The van der Waals surface area contributed by atoms with Gasteiger partial charge < -0.3 is 9.13 Å². The topological polar surface area (TPSA) is 9.86 Å². The molecule has 0 bridgehead atoms. The van der Waals surface area contributed by atoms with Crippen LogP contribution in [-0.2, 0) is 6.42 Å². The molecule has 0 N–H and O–H groups in total. The normalized spacial score (nSPS) is 13.1. The molecule has 1 aliphatic rings. The highest BCUT2D eigenvalue weighted by Crippen LogP contribution is 2.44. The standard InChI is InChI=1S/C48H32N2S/c1-2-10-35(11-3-1)49-42-15-7-4-12-37(42)41-30-34(24-28-44(41)49)33-20-18-31(19-21-33)32-22-25-36(26-23-32)50-43-16-8-5-14-40(43)47-45(50)29-27-39-38-13-6-9-17-46(38)51-48(39)47/h1-23,25-27,29-30H,24,28H2. The van der Waals surface area contributed by atoms with Gasteiger partial charge in [0.2, 0.25) is 0 Å². The van der Waals surface area contributed by atoms with E-state index in [0.717, 1.165) is 12.8 Å². The molecular weight excluding hydrogens is 637 g/mol. The van der Waals surface area contributed by atoms with Crippen LogP contribution in [0.5, 0.6) is 0 Å². The Balaban J connectivity index is 0.948. The summed E-state index contributed by atoms with van der Waals surface area (Å²) in [6, 6.07) is 60.1. The van der Waals surface area contributed by atoms with Gasteiger partial charge in [0.05, 0.1) is 16.6 Å². The highest BCUT2D eigenvalue weighted by molar-refractivity contribution is 7.26. The van der Waals surface area contributed by atoms with E-state index in [9.17, 15) is 0 Å². The third kappa shape index (κ3) is 4.35. The number of hydrogen-bond donors (Lipinski definition) is 0. The molecule has 11 rings (SSSR count). The molecule has 0 spiro atoms. The molecule has 7 aromatic carbocycles. The van der Waals surface area contributed by atoms with Crippen molar-refractivity contribution in [3.05, 3.63) is 181 Å². The van der Waals surface area contributed by atoms with E-state index in [4.69, 9.17) is 0 Å². The minimum absolute atomic E-state index is 1.02. The first-order valence-electron chi connectivity index (χ1n) is 17.7. The van der Waals surface area contributed by atoms with Crippen molar-refractivity contribution in [2.75, 3.05) is 0 Å². The minimum atomic E-state index is 1.02. The number of fused-ring (bicyclic) bond motifs is 10. The van der Waals surface area contributed by atoms with Crippen molar-refractivity contribution in [1.82, 2.24) is 9.13 Å². The number of aromatic nitrogens is 2. The Hall–Kier alpha value is -6.16. The summed E-state index contributed by atoms with van der Waals surface area (Å²) in [7, 11) is 0. The van der Waals surface area contributed by atoms with E-state index >= 15 is 0 Å². The molecule has 0 fully saturated rings. The van der Waals surface area contributed by atoms with Crippen molar-refractivity contribution in [3.63, 3.8) is 0 Å². The second-order valence-corrected chi connectivity index (χ2v) is 14.7. The van der Waals surface area contributed by atoms with E-state index in [-0.39, 0.29) is 0 Å². The first kappa shape index (κ1) is 28.7. The van der Waals surface area contributed by atoms with E-state index in [0.29, 0.717) is 0 Å². The summed E-state index contributed by atoms with van der Waals surface area (Å²) in [6.07, 6.45) is 4.48. The molecule has 0 amide bonds. The Labute approximate surface area is 299 Å². The van der Waals surface area contributed by atoms with Crippen LogP contribution in [0, 0.1) is 0 Å². The van der Waals surface area contributed by atoms with Crippen LogP contribution in [0.15, 0.2) is 164 Å². The Bertz CT molecular complexity index is 2990. The van der Waals surface area contributed by atoms with E-state index in [1.165, 1.54) is 97.8 Å². The smallest absolute Gasteiger partial charge is 0.0555 e. The number of nitrogens with zero attached hydrogens (tertiary/aromatic N) is 2. The minimum Gasteiger partial charge on any atom is -0.313 e. The summed E-state index contributed by atoms with van der Waals surface area (Å²) in [5.74, 6) is 0. The van der Waals surface area contributed by atoms with Crippen molar-refractivity contribution in [2.24, 2.45) is 0 Å². The lowest BCUT2D eigenvalue weighted by Gasteiger charge is -2.18. The zero-order chi connectivity index (χ0) is 33.5. The summed E-state index contributed by atoms with van der Waals surface area (Å²) in [4.78, 5) is 0. The molecule has 0 radical (unpaired) electrons. The molecule has 0 aliphatic heterocycles. The maximum Gasteiger partial charge on any atom is 0.0555 e. The molecule has 10 aromatic rings. The Kier molecular flexibility index (Phi) is 6.28. The van der Waals surface area contributed by atoms with Gasteiger partial charge in [0.25, 0.3) is 0 Å². The van der Waals surface area contributed by atoms with Crippen LogP contribution >= 0.6 is 11.3 Å². The number of thiophene rings is 1. The van der Waals surface area contributed by atoms with Gasteiger partial charge in [0.15, 0.2) is 0 Å². The highest BCUT2D eigenvalue weighted by atomic mass is 32.1. The van der Waals surface area contributed by atoms with Crippen LogP contribution in [0.2, 0.25) is 0 Å². The predicted octanol–water partition coefficient (Wildman–Crippen LogP) is 13.2. The van der Waals surface area contributed by atoms with Crippen LogP contribution < -0.4 is 0 Å². The van der Waals surface area contributed by atoms with Crippen LogP contribution in [-0.4, -0.2) is 9.13 Å². The predicted molar refractivity (Wildman–Crippen MR) is 219 cm³/mol. The van der Waals surface area contributed by atoms with Crippen molar-refractivity contribution < 1.29 is 0 Å². The first-order valence-corrected chi connectivity index (χ1v) is 18.5. The van der Waals surface area contributed by atoms with E-state index < -0.39 is 0 Å². The first-order chi connectivity index (χ1) is 25.3. The van der Waals surface area contributed by atoms with Crippen LogP contribution in [0.25, 0.3) is 87.0 Å². The molecule has 3 aromatic heterocycles. The second kappa shape index (κ2) is 11.2. The number of para-hydroxylation sites is 3. The van der Waals surface area contributed by atoms with Crippen molar-refractivity contribution in [3.8, 4) is 22.5 Å². The molecular formula is C48H32N2S. The second-order valence-electron chi connectivity index (χ2n) is 13.6. The summed E-state index contributed by atoms with van der Waals surface area (Å²) < 4.78 is 7.59. The fourth-order valence-corrected chi connectivity index (χ4v) is 9.78. The lowest BCUT2D eigenvalue weighted by Crippen LogP contribution is -2.05. The van der Waals surface area contributed by atoms with E-state index in [2.05, 4.69) is 179 Å². The molecule has 3 heterocycles. The highest BCUT2D eigenvalue weighted by Gasteiger charge is 2.22. The molecule has 0 atom stereocenters. The Morgan fingerprint density at radius 3 is 1.80 bits per heavy atom. The molecule has 51 heavy (non-hydrogen) atoms. The number of rotatable bonds is 4. The molecule has 0 saturated heterocycles. The van der Waals surface area contributed by atoms with Gasteiger partial charge in [-0.25, -0.2) is 0 Å². The maximum atomic E-state index is 2.45. The molecule has 0 unspecified atom stereocenters. The van der Waals surface area contributed by atoms with Gasteiger partial charge in [-0.05, 0) is 89.7 Å². The summed E-state index contributed by atoms with van der Waals surface area (Å²) in [5.41, 5.74) is 14.1. The Morgan fingerprint density at radius 1 is 0.412 bits per heavy atom. The number of hydrogen-bond acceptors (Lipinski definition) is 1. The van der Waals surface area contributed by atoms with Crippen molar-refractivity contribution in [1.29, 1.82) is 0 Å². The zero-order valence-corrected chi connectivity index (χ0v) is 28.7. The van der Waals surface area contributed by atoms with Crippen LogP contribution in [0.1, 0.15) is 23.2 Å². The summed E-state index contributed by atoms with van der Waals surface area (Å²) >= 11 is 1.90. The monoisotopic (exact) mass is 668 g/mol. The molecule has 2 nitrogen and oxygen atoms in total. The van der Waals surface area contributed by atoms with E-state index in [1.807, 2.05) is 11.3 Å². The van der Waals surface area contributed by atoms with Gasteiger partial charge in [-0.1, -0.05) is 115 Å². The van der Waals surface area contributed by atoms with Gasteiger partial charge in [0.1, 0.15) is 0 Å². The number of benzene rings is 7. The third-order valence-corrected chi connectivity index (χ3v) is 12.1. The average Bonchev–Trinajstić information content (AvgIpc) is 3.86. The van der Waals surface area contributed by atoms with Gasteiger partial charge in [-0.2, -0.15) is 0 Å². The maximum absolute atomic E-state index is 2.45. The molecule has 240 valence electrons. The fraction of sp³-hybridized carbons (Fsp3) is 0.0417. The average molecular weight is 669 g/mol. The quantitative estimate of drug-likeness (QED) is 0.177. The van der Waals surface area contributed by atoms with Gasteiger partial charge >= 0.3 is 0 Å². The lowest BCUT2D eigenvalue weighted by molar-refractivity contribution is 0.898. The Morgan fingerprint density at radius 2 is 1.02 bits per heavy atom.